The van der Waals surface area contributed by atoms with E-state index in [1.165, 1.54) is 31.3 Å². The van der Waals surface area contributed by atoms with Crippen molar-refractivity contribution in [1.82, 2.24) is 19.5 Å². The van der Waals surface area contributed by atoms with Gasteiger partial charge in [-0.25, -0.2) is 4.98 Å². The molecule has 0 bridgehead atoms. The highest BCUT2D eigenvalue weighted by atomic mass is 32.1. The zero-order chi connectivity index (χ0) is 33.5. The summed E-state index contributed by atoms with van der Waals surface area (Å²) in [6.45, 7) is 0. The van der Waals surface area contributed by atoms with E-state index in [4.69, 9.17) is 19.4 Å². The van der Waals surface area contributed by atoms with Crippen LogP contribution in [0.4, 0.5) is 0 Å². The van der Waals surface area contributed by atoms with Crippen molar-refractivity contribution in [2.45, 2.75) is 0 Å². The zero-order valence-corrected chi connectivity index (χ0v) is 27.9. The zero-order valence-electron chi connectivity index (χ0n) is 27.1. The van der Waals surface area contributed by atoms with E-state index < -0.39 is 0 Å². The highest BCUT2D eigenvalue weighted by molar-refractivity contribution is 7.26. The number of benzene rings is 7. The maximum Gasteiger partial charge on any atom is 0.238 e. The monoisotopic (exact) mass is 670 g/mol. The second kappa shape index (κ2) is 10.9. The van der Waals surface area contributed by atoms with Gasteiger partial charge in [-0.3, -0.25) is 4.57 Å². The van der Waals surface area contributed by atoms with E-state index in [9.17, 15) is 0 Å². The molecular weight excluding hydrogens is 645 g/mol. The Hall–Kier alpha value is -6.63. The van der Waals surface area contributed by atoms with Crippen molar-refractivity contribution in [3.05, 3.63) is 158 Å². The summed E-state index contributed by atoms with van der Waals surface area (Å²) in [5.41, 5.74) is 8.18. The number of fused-ring (bicyclic) bond motifs is 9. The fraction of sp³-hybridized carbons (Fsp3) is 0. The minimum absolute atomic E-state index is 0.593. The van der Waals surface area contributed by atoms with Crippen molar-refractivity contribution in [3.8, 4) is 39.9 Å². The molecule has 51 heavy (non-hydrogen) atoms. The molecule has 0 atom stereocenters. The average Bonchev–Trinajstić information content (AvgIpc) is 3.87. The number of rotatable bonds is 4. The first-order valence-corrected chi connectivity index (χ1v) is 17.8. The van der Waals surface area contributed by atoms with E-state index >= 15 is 0 Å². The van der Waals surface area contributed by atoms with E-state index in [1.807, 2.05) is 41.7 Å². The molecule has 4 heterocycles. The summed E-state index contributed by atoms with van der Waals surface area (Å²) in [5, 5.41) is 7.05. The Bertz CT molecular complexity index is 3100. The molecular formula is C45H26N4OS. The van der Waals surface area contributed by atoms with Gasteiger partial charge in [0.05, 0.1) is 11.0 Å². The highest BCUT2D eigenvalue weighted by Gasteiger charge is 2.20. The van der Waals surface area contributed by atoms with Gasteiger partial charge < -0.3 is 4.42 Å². The smallest absolute Gasteiger partial charge is 0.238 e. The minimum atomic E-state index is 0.593. The Kier molecular flexibility index (Phi) is 6.05. The molecule has 7 aromatic carbocycles. The first kappa shape index (κ1) is 28.2. The maximum atomic E-state index is 6.26. The predicted molar refractivity (Wildman–Crippen MR) is 211 cm³/mol. The second-order valence-corrected chi connectivity index (χ2v) is 13.8. The molecule has 0 aliphatic rings. The number of para-hydroxylation sites is 3. The van der Waals surface area contributed by atoms with Crippen LogP contribution in [0.3, 0.4) is 0 Å². The molecule has 5 nitrogen and oxygen atoms in total. The van der Waals surface area contributed by atoms with Crippen molar-refractivity contribution in [2.75, 3.05) is 0 Å². The average molecular weight is 671 g/mol. The van der Waals surface area contributed by atoms with Gasteiger partial charge in [-0.2, -0.15) is 9.97 Å². The third-order valence-electron chi connectivity index (χ3n) is 9.89. The molecule has 4 aromatic heterocycles. The van der Waals surface area contributed by atoms with E-state index in [-0.39, 0.29) is 0 Å². The SMILES string of the molecule is c1ccc(-c2nc(-c3ccc4c(c3)sc3c(-c5cccc6oc7ccccc7c56)cccc34)nc(-n3c4ccccc4c4ccccc43)n2)cc1. The lowest BCUT2D eigenvalue weighted by Gasteiger charge is -2.11. The van der Waals surface area contributed by atoms with Gasteiger partial charge in [0.1, 0.15) is 11.2 Å². The Morgan fingerprint density at radius 2 is 1.08 bits per heavy atom. The van der Waals surface area contributed by atoms with Gasteiger partial charge in [0, 0.05) is 58.4 Å². The summed E-state index contributed by atoms with van der Waals surface area (Å²) in [5.74, 6) is 1.86. The molecule has 0 amide bonds. The lowest BCUT2D eigenvalue weighted by atomic mass is 9.98. The number of nitrogens with zero attached hydrogens (tertiary/aromatic N) is 4. The van der Waals surface area contributed by atoms with Crippen molar-refractivity contribution in [1.29, 1.82) is 0 Å². The first-order valence-electron chi connectivity index (χ1n) is 16.9. The number of aromatic nitrogens is 4. The number of hydrogen-bond acceptors (Lipinski definition) is 5. The summed E-state index contributed by atoms with van der Waals surface area (Å²) in [4.78, 5) is 15.4. The fourth-order valence-corrected chi connectivity index (χ4v) is 8.87. The number of furan rings is 1. The molecule has 0 unspecified atom stereocenters. The minimum Gasteiger partial charge on any atom is -0.456 e. The summed E-state index contributed by atoms with van der Waals surface area (Å²) >= 11 is 1.81. The molecule has 238 valence electrons. The van der Waals surface area contributed by atoms with Gasteiger partial charge in [-0.1, -0.05) is 127 Å². The van der Waals surface area contributed by atoms with Crippen LogP contribution in [0.1, 0.15) is 0 Å². The standard InChI is InChI=1S/C45H26N4OS/c1-2-12-27(13-3-1)43-46-44(48-45(47-43)49-36-20-7-4-14-29(36)30-15-5-8-21-37(30)49)28-24-25-31-33-18-10-19-34(42(33)51-40(31)26-28)32-17-11-23-39-41(32)35-16-6-9-22-38(35)50-39/h1-26H. The van der Waals surface area contributed by atoms with Crippen LogP contribution in [0.2, 0.25) is 0 Å². The quantitative estimate of drug-likeness (QED) is 0.187. The van der Waals surface area contributed by atoms with Crippen molar-refractivity contribution >= 4 is 75.3 Å². The van der Waals surface area contributed by atoms with E-state index in [1.54, 1.807) is 0 Å². The second-order valence-electron chi connectivity index (χ2n) is 12.8. The third kappa shape index (κ3) is 4.30. The van der Waals surface area contributed by atoms with Crippen LogP contribution < -0.4 is 0 Å². The lowest BCUT2D eigenvalue weighted by Crippen LogP contribution is -2.06. The third-order valence-corrected chi connectivity index (χ3v) is 11.1. The van der Waals surface area contributed by atoms with Crippen molar-refractivity contribution < 1.29 is 4.42 Å². The largest absolute Gasteiger partial charge is 0.456 e. The first-order chi connectivity index (χ1) is 25.3. The van der Waals surface area contributed by atoms with Gasteiger partial charge in [0.2, 0.25) is 5.95 Å². The Morgan fingerprint density at radius 1 is 0.451 bits per heavy atom. The van der Waals surface area contributed by atoms with E-state index in [2.05, 4.69) is 132 Å². The molecule has 0 spiro atoms. The highest BCUT2D eigenvalue weighted by Crippen LogP contribution is 2.44. The molecule has 11 rings (SSSR count). The van der Waals surface area contributed by atoms with Gasteiger partial charge in [0.25, 0.3) is 0 Å². The van der Waals surface area contributed by atoms with E-state index in [0.29, 0.717) is 17.6 Å². The molecule has 0 radical (unpaired) electrons. The van der Waals surface area contributed by atoms with Crippen LogP contribution in [0.25, 0.3) is 104 Å². The molecule has 0 aliphatic carbocycles. The predicted octanol–water partition coefficient (Wildman–Crippen LogP) is 12.2. The van der Waals surface area contributed by atoms with E-state index in [0.717, 1.165) is 54.9 Å². The van der Waals surface area contributed by atoms with Crippen LogP contribution in [0, 0.1) is 0 Å². The molecule has 6 heteroatoms. The normalized spacial score (nSPS) is 11.9. The van der Waals surface area contributed by atoms with Gasteiger partial charge in [-0.05, 0) is 35.9 Å². The van der Waals surface area contributed by atoms with Crippen molar-refractivity contribution in [2.24, 2.45) is 0 Å². The van der Waals surface area contributed by atoms with Crippen LogP contribution in [-0.4, -0.2) is 19.5 Å². The lowest BCUT2D eigenvalue weighted by molar-refractivity contribution is 0.669. The Morgan fingerprint density at radius 3 is 1.88 bits per heavy atom. The molecule has 0 aliphatic heterocycles. The van der Waals surface area contributed by atoms with Crippen LogP contribution >= 0.6 is 11.3 Å². The Balaban J connectivity index is 1.13. The maximum absolute atomic E-state index is 6.26. The molecule has 0 fully saturated rings. The van der Waals surface area contributed by atoms with Gasteiger partial charge in [-0.15, -0.1) is 11.3 Å². The molecule has 0 N–H and O–H groups in total. The summed E-state index contributed by atoms with van der Waals surface area (Å²) < 4.78 is 10.8. The summed E-state index contributed by atoms with van der Waals surface area (Å²) in [6, 6.07) is 54.9. The topological polar surface area (TPSA) is 56.7 Å². The van der Waals surface area contributed by atoms with Crippen LogP contribution in [-0.2, 0) is 0 Å². The van der Waals surface area contributed by atoms with Crippen molar-refractivity contribution in [3.63, 3.8) is 0 Å². The van der Waals surface area contributed by atoms with Crippen LogP contribution in [0.5, 0.6) is 0 Å². The van der Waals surface area contributed by atoms with Gasteiger partial charge >= 0.3 is 0 Å². The number of hydrogen-bond donors (Lipinski definition) is 0. The van der Waals surface area contributed by atoms with Gasteiger partial charge in [0.15, 0.2) is 11.6 Å². The molecule has 11 aromatic rings. The molecule has 0 saturated carbocycles. The number of thiophene rings is 1. The Labute approximate surface area is 295 Å². The molecule has 0 saturated heterocycles. The summed E-state index contributed by atoms with van der Waals surface area (Å²) in [7, 11) is 0. The van der Waals surface area contributed by atoms with Crippen LogP contribution in [0.15, 0.2) is 162 Å². The summed E-state index contributed by atoms with van der Waals surface area (Å²) in [6.07, 6.45) is 0. The fourth-order valence-electron chi connectivity index (χ4n) is 7.60.